The lowest BCUT2D eigenvalue weighted by molar-refractivity contribution is 0.0286. The number of anilines is 1. The molecule has 1 fully saturated rings. The molecular weight excluding hydrogens is 242 g/mol. The van der Waals surface area contributed by atoms with E-state index in [-0.39, 0.29) is 6.10 Å². The van der Waals surface area contributed by atoms with Gasteiger partial charge in [0.1, 0.15) is 11.9 Å². The van der Waals surface area contributed by atoms with E-state index in [1.807, 2.05) is 0 Å². The number of hydrogen-bond donors (Lipinski definition) is 1. The van der Waals surface area contributed by atoms with Crippen LogP contribution in [-0.2, 0) is 16.1 Å². The highest BCUT2D eigenvalue weighted by atomic mass is 16.5. The maximum absolute atomic E-state index is 5.85. The fraction of sp³-hybridized carbons (Fsp3) is 0.714. The molecule has 1 unspecified atom stereocenters. The maximum Gasteiger partial charge on any atom is 0.160 e. The van der Waals surface area contributed by atoms with Crippen LogP contribution < -0.4 is 5.73 Å². The molecule has 5 heteroatoms. The Balaban J connectivity index is 2.21. The van der Waals surface area contributed by atoms with Crippen LogP contribution in [0.2, 0.25) is 0 Å². The van der Waals surface area contributed by atoms with Gasteiger partial charge in [-0.15, -0.1) is 0 Å². The van der Waals surface area contributed by atoms with Crippen LogP contribution in [0.3, 0.4) is 0 Å². The Morgan fingerprint density at radius 2 is 2.00 bits per heavy atom. The number of ether oxygens (including phenoxy) is 2. The van der Waals surface area contributed by atoms with Crippen LogP contribution in [0.25, 0.3) is 0 Å². The van der Waals surface area contributed by atoms with Crippen LogP contribution in [0.4, 0.5) is 5.82 Å². The van der Waals surface area contributed by atoms with Crippen LogP contribution in [0.5, 0.6) is 0 Å². The second-order valence-corrected chi connectivity index (χ2v) is 5.13. The fourth-order valence-electron chi connectivity index (χ4n) is 2.83. The molecular formula is C14H23N3O2. The quantitative estimate of drug-likeness (QED) is 0.885. The molecule has 2 rings (SSSR count). The van der Waals surface area contributed by atoms with Crippen LogP contribution in [-0.4, -0.2) is 24.2 Å². The normalized spacial score (nSPS) is 18.4. The summed E-state index contributed by atoms with van der Waals surface area (Å²) in [5.74, 6) is 1.67. The Morgan fingerprint density at radius 1 is 1.26 bits per heavy atom. The van der Waals surface area contributed by atoms with E-state index in [1.165, 1.54) is 32.1 Å². The monoisotopic (exact) mass is 265 g/mol. The Bertz CT molecular complexity index is 406. The minimum atomic E-state index is -0.0561. The first kappa shape index (κ1) is 14.2. The van der Waals surface area contributed by atoms with E-state index in [0.717, 1.165) is 5.69 Å². The van der Waals surface area contributed by atoms with E-state index in [4.69, 9.17) is 15.2 Å². The van der Waals surface area contributed by atoms with E-state index in [9.17, 15) is 0 Å². The predicted octanol–water partition coefficient (Wildman–Crippen LogP) is 2.47. The molecule has 1 aliphatic rings. The molecule has 0 amide bonds. The van der Waals surface area contributed by atoms with Crippen molar-refractivity contribution in [2.45, 2.75) is 44.8 Å². The number of nitrogens with two attached hydrogens (primary N) is 1. The number of nitrogen functional groups attached to an aromatic ring is 1. The first-order chi connectivity index (χ1) is 9.24. The van der Waals surface area contributed by atoms with Gasteiger partial charge in [0.05, 0.1) is 12.3 Å². The number of methoxy groups -OCH3 is 2. The van der Waals surface area contributed by atoms with Gasteiger partial charge >= 0.3 is 0 Å². The molecule has 0 spiro atoms. The number of nitrogens with zero attached hydrogens (tertiary/aromatic N) is 2. The van der Waals surface area contributed by atoms with Gasteiger partial charge in [0.15, 0.2) is 5.82 Å². The molecule has 5 nitrogen and oxygen atoms in total. The molecule has 1 heterocycles. The highest BCUT2D eigenvalue weighted by molar-refractivity contribution is 5.30. The first-order valence-electron chi connectivity index (χ1n) is 6.89. The molecule has 19 heavy (non-hydrogen) atoms. The third-order valence-corrected chi connectivity index (χ3v) is 3.69. The molecule has 1 atom stereocenters. The van der Waals surface area contributed by atoms with Crippen molar-refractivity contribution in [3.05, 3.63) is 17.6 Å². The molecule has 1 aromatic heterocycles. The molecule has 1 aliphatic carbocycles. The Kier molecular flexibility index (Phi) is 5.10. The summed E-state index contributed by atoms with van der Waals surface area (Å²) in [7, 11) is 3.37. The Hall–Kier alpha value is -1.20. The molecule has 2 N–H and O–H groups in total. The summed E-state index contributed by atoms with van der Waals surface area (Å²) < 4.78 is 10.8. The number of hydrogen-bond acceptors (Lipinski definition) is 5. The highest BCUT2D eigenvalue weighted by Gasteiger charge is 2.27. The zero-order valence-electron chi connectivity index (χ0n) is 11.8. The minimum absolute atomic E-state index is 0.0561. The van der Waals surface area contributed by atoms with Crippen LogP contribution in [0.15, 0.2) is 6.07 Å². The Labute approximate surface area is 114 Å². The summed E-state index contributed by atoms with van der Waals surface area (Å²) in [5.41, 5.74) is 6.66. The van der Waals surface area contributed by atoms with Crippen molar-refractivity contribution in [2.75, 3.05) is 20.0 Å². The molecule has 0 saturated heterocycles. The zero-order valence-corrected chi connectivity index (χ0v) is 11.8. The minimum Gasteiger partial charge on any atom is -0.384 e. The lowest BCUT2D eigenvalue weighted by Gasteiger charge is -2.28. The van der Waals surface area contributed by atoms with E-state index in [0.29, 0.717) is 24.2 Å². The lowest BCUT2D eigenvalue weighted by atomic mass is 9.85. The summed E-state index contributed by atoms with van der Waals surface area (Å²) in [6, 6.07) is 1.75. The average Bonchev–Trinajstić information content (AvgIpc) is 2.40. The van der Waals surface area contributed by atoms with Crippen molar-refractivity contribution in [2.24, 2.45) is 5.92 Å². The second-order valence-electron chi connectivity index (χ2n) is 5.13. The van der Waals surface area contributed by atoms with Gasteiger partial charge in [-0.1, -0.05) is 19.3 Å². The van der Waals surface area contributed by atoms with E-state index < -0.39 is 0 Å². The average molecular weight is 265 g/mol. The smallest absolute Gasteiger partial charge is 0.160 e. The summed E-state index contributed by atoms with van der Waals surface area (Å²) >= 11 is 0. The Morgan fingerprint density at radius 3 is 2.63 bits per heavy atom. The summed E-state index contributed by atoms with van der Waals surface area (Å²) in [6.45, 7) is 0.445. The van der Waals surface area contributed by atoms with Gasteiger partial charge in [0, 0.05) is 20.3 Å². The van der Waals surface area contributed by atoms with Gasteiger partial charge in [-0.25, -0.2) is 9.97 Å². The standard InChI is InChI=1S/C14H23N3O2/c1-18-9-11-8-12(15)17-14(16-11)13(19-2)10-6-4-3-5-7-10/h8,10,13H,3-7,9H2,1-2H3,(H2,15,16,17). The van der Waals surface area contributed by atoms with Gasteiger partial charge in [-0.05, 0) is 18.8 Å². The van der Waals surface area contributed by atoms with E-state index in [1.54, 1.807) is 20.3 Å². The van der Waals surface area contributed by atoms with Gasteiger partial charge in [-0.3, -0.25) is 0 Å². The molecule has 0 aromatic carbocycles. The third-order valence-electron chi connectivity index (χ3n) is 3.69. The van der Waals surface area contributed by atoms with Crippen LogP contribution >= 0.6 is 0 Å². The second kappa shape index (κ2) is 6.82. The summed E-state index contributed by atoms with van der Waals surface area (Å²) in [5, 5.41) is 0. The largest absolute Gasteiger partial charge is 0.384 e. The molecule has 0 aliphatic heterocycles. The van der Waals surface area contributed by atoms with Gasteiger partial charge < -0.3 is 15.2 Å². The van der Waals surface area contributed by atoms with Gasteiger partial charge in [0.25, 0.3) is 0 Å². The van der Waals surface area contributed by atoms with E-state index >= 15 is 0 Å². The van der Waals surface area contributed by atoms with Crippen molar-refractivity contribution < 1.29 is 9.47 Å². The first-order valence-corrected chi connectivity index (χ1v) is 6.89. The SMILES string of the molecule is COCc1cc(N)nc(C(OC)C2CCCCC2)n1. The summed E-state index contributed by atoms with van der Waals surface area (Å²) in [6.07, 6.45) is 6.14. The van der Waals surface area contributed by atoms with Crippen LogP contribution in [0, 0.1) is 5.92 Å². The molecule has 0 radical (unpaired) electrons. The topological polar surface area (TPSA) is 70.3 Å². The number of rotatable bonds is 5. The van der Waals surface area contributed by atoms with Gasteiger partial charge in [-0.2, -0.15) is 0 Å². The molecule has 1 aromatic rings. The lowest BCUT2D eigenvalue weighted by Crippen LogP contribution is -2.21. The fourth-order valence-corrected chi connectivity index (χ4v) is 2.83. The highest BCUT2D eigenvalue weighted by Crippen LogP contribution is 2.35. The predicted molar refractivity (Wildman–Crippen MR) is 73.5 cm³/mol. The van der Waals surface area contributed by atoms with Crippen molar-refractivity contribution >= 4 is 5.82 Å². The molecule has 0 bridgehead atoms. The number of aromatic nitrogens is 2. The summed E-state index contributed by atoms with van der Waals surface area (Å²) in [4.78, 5) is 8.88. The zero-order chi connectivity index (χ0) is 13.7. The van der Waals surface area contributed by atoms with Crippen molar-refractivity contribution in [1.82, 2.24) is 9.97 Å². The molecule has 1 saturated carbocycles. The van der Waals surface area contributed by atoms with Crippen LogP contribution in [0.1, 0.15) is 49.7 Å². The van der Waals surface area contributed by atoms with Crippen molar-refractivity contribution in [1.29, 1.82) is 0 Å². The van der Waals surface area contributed by atoms with Crippen molar-refractivity contribution in [3.8, 4) is 0 Å². The maximum atomic E-state index is 5.85. The van der Waals surface area contributed by atoms with Crippen molar-refractivity contribution in [3.63, 3.8) is 0 Å². The van der Waals surface area contributed by atoms with E-state index in [2.05, 4.69) is 9.97 Å². The van der Waals surface area contributed by atoms with Gasteiger partial charge in [0.2, 0.25) is 0 Å². The third kappa shape index (κ3) is 3.64. The molecule has 106 valence electrons.